The summed E-state index contributed by atoms with van der Waals surface area (Å²) in [5.41, 5.74) is 10.1. The van der Waals surface area contributed by atoms with E-state index >= 15 is 0 Å². The summed E-state index contributed by atoms with van der Waals surface area (Å²) in [4.78, 5) is 28.3. The largest absolute Gasteiger partial charge is 0.378 e. The fourth-order valence-electron chi connectivity index (χ4n) is 3.07. The molecule has 0 unspecified atom stereocenters. The number of amides is 2. The van der Waals surface area contributed by atoms with Crippen LogP contribution in [0, 0.1) is 0 Å². The second-order valence-corrected chi connectivity index (χ2v) is 8.36. The van der Waals surface area contributed by atoms with Crippen molar-refractivity contribution in [1.29, 1.82) is 0 Å². The highest BCUT2D eigenvalue weighted by Gasteiger charge is 2.03. The normalized spacial score (nSPS) is 11.2. The Morgan fingerprint density at radius 1 is 0.639 bits per heavy atom. The number of rotatable bonds is 9. The SMILES string of the molecule is CN(C)c1ccc(/C=N/NC(=O)/C=C/c2ccc(C(=O)N/N=C/c3ccc(N(C)C)cc3)cc2)cc1. The van der Waals surface area contributed by atoms with E-state index in [-0.39, 0.29) is 11.8 Å². The van der Waals surface area contributed by atoms with E-state index < -0.39 is 0 Å². The second-order valence-electron chi connectivity index (χ2n) is 8.36. The third-order valence-electron chi connectivity index (χ3n) is 5.19. The lowest BCUT2D eigenvalue weighted by molar-refractivity contribution is -0.116. The molecule has 3 aromatic rings. The Hall–Kier alpha value is -4.72. The lowest BCUT2D eigenvalue weighted by atomic mass is 10.1. The predicted octanol–water partition coefficient (Wildman–Crippen LogP) is 3.75. The Kier molecular flexibility index (Phi) is 9.11. The van der Waals surface area contributed by atoms with Gasteiger partial charge in [0.1, 0.15) is 0 Å². The fraction of sp³-hybridized carbons (Fsp3) is 0.143. The van der Waals surface area contributed by atoms with Crippen molar-refractivity contribution in [2.45, 2.75) is 0 Å². The minimum Gasteiger partial charge on any atom is -0.378 e. The molecule has 3 aromatic carbocycles. The number of benzene rings is 3. The molecule has 0 bridgehead atoms. The molecule has 8 nitrogen and oxygen atoms in total. The van der Waals surface area contributed by atoms with E-state index in [0.717, 1.165) is 28.1 Å². The van der Waals surface area contributed by atoms with Gasteiger partial charge in [0.25, 0.3) is 11.8 Å². The highest BCUT2D eigenvalue weighted by Crippen LogP contribution is 2.12. The molecule has 8 heteroatoms. The summed E-state index contributed by atoms with van der Waals surface area (Å²) in [5.74, 6) is -0.677. The number of hydrogen-bond donors (Lipinski definition) is 2. The van der Waals surface area contributed by atoms with Crippen molar-refractivity contribution >= 4 is 41.7 Å². The Balaban J connectivity index is 1.46. The van der Waals surface area contributed by atoms with Crippen LogP contribution in [0.4, 0.5) is 11.4 Å². The number of carbonyl (C=O) groups is 2. The highest BCUT2D eigenvalue weighted by molar-refractivity contribution is 5.95. The third kappa shape index (κ3) is 7.95. The molecule has 0 aliphatic heterocycles. The lowest BCUT2D eigenvalue weighted by Crippen LogP contribution is -2.17. The third-order valence-corrected chi connectivity index (χ3v) is 5.19. The Morgan fingerprint density at radius 2 is 1.08 bits per heavy atom. The van der Waals surface area contributed by atoms with Gasteiger partial charge in [0.15, 0.2) is 0 Å². The quantitative estimate of drug-likeness (QED) is 0.276. The molecule has 0 saturated heterocycles. The number of anilines is 2. The van der Waals surface area contributed by atoms with E-state index in [2.05, 4.69) is 21.1 Å². The van der Waals surface area contributed by atoms with Crippen LogP contribution in [0.5, 0.6) is 0 Å². The molecule has 0 heterocycles. The van der Waals surface area contributed by atoms with Crippen LogP contribution in [-0.4, -0.2) is 52.4 Å². The molecule has 36 heavy (non-hydrogen) atoms. The van der Waals surface area contributed by atoms with Crippen molar-refractivity contribution in [3.8, 4) is 0 Å². The Labute approximate surface area is 211 Å². The van der Waals surface area contributed by atoms with Gasteiger partial charge in [0, 0.05) is 51.2 Å². The molecule has 2 amide bonds. The molecule has 0 radical (unpaired) electrons. The van der Waals surface area contributed by atoms with Crippen LogP contribution in [0.25, 0.3) is 6.08 Å². The van der Waals surface area contributed by atoms with Gasteiger partial charge in [-0.15, -0.1) is 0 Å². The van der Waals surface area contributed by atoms with Crippen LogP contribution in [0.1, 0.15) is 27.0 Å². The van der Waals surface area contributed by atoms with Gasteiger partial charge in [-0.25, -0.2) is 10.9 Å². The fourth-order valence-corrected chi connectivity index (χ4v) is 3.07. The molecule has 2 N–H and O–H groups in total. The molecule has 0 aliphatic carbocycles. The van der Waals surface area contributed by atoms with E-state index in [9.17, 15) is 9.59 Å². The summed E-state index contributed by atoms with van der Waals surface area (Å²) in [6.07, 6.45) is 6.20. The van der Waals surface area contributed by atoms with Gasteiger partial charge < -0.3 is 9.80 Å². The van der Waals surface area contributed by atoms with Crippen molar-refractivity contribution in [3.63, 3.8) is 0 Å². The molecule has 0 atom stereocenters. The standard InChI is InChI=1S/C28H30N6O2/c1-33(2)25-14-7-22(8-15-25)19-29-31-27(35)18-11-21-5-12-24(13-6-21)28(36)32-30-20-23-9-16-26(17-10-23)34(3)4/h5-20H,1-4H3,(H,31,35)(H,32,36)/b18-11+,29-19+,30-20+. The topological polar surface area (TPSA) is 89.4 Å². The Bertz CT molecular complexity index is 1240. The molecule has 184 valence electrons. The van der Waals surface area contributed by atoms with Gasteiger partial charge in [0.2, 0.25) is 0 Å². The van der Waals surface area contributed by atoms with Gasteiger partial charge in [-0.2, -0.15) is 10.2 Å². The van der Waals surface area contributed by atoms with Crippen molar-refractivity contribution in [2.24, 2.45) is 10.2 Å². The summed E-state index contributed by atoms with van der Waals surface area (Å²) in [5, 5.41) is 7.99. The lowest BCUT2D eigenvalue weighted by Gasteiger charge is -2.11. The monoisotopic (exact) mass is 482 g/mol. The number of nitrogens with zero attached hydrogens (tertiary/aromatic N) is 4. The van der Waals surface area contributed by atoms with Crippen molar-refractivity contribution in [1.82, 2.24) is 10.9 Å². The van der Waals surface area contributed by atoms with Crippen LogP contribution >= 0.6 is 0 Å². The number of hydrazone groups is 2. The summed E-state index contributed by atoms with van der Waals surface area (Å²) in [7, 11) is 7.89. The average Bonchev–Trinajstić information content (AvgIpc) is 2.88. The molecule has 0 fully saturated rings. The maximum atomic E-state index is 12.3. The van der Waals surface area contributed by atoms with E-state index in [1.54, 1.807) is 42.8 Å². The van der Waals surface area contributed by atoms with Crippen LogP contribution in [0.15, 0.2) is 89.1 Å². The zero-order valence-corrected chi connectivity index (χ0v) is 20.8. The molecule has 0 spiro atoms. The average molecular weight is 483 g/mol. The van der Waals surface area contributed by atoms with Crippen molar-refractivity contribution in [2.75, 3.05) is 38.0 Å². The maximum Gasteiger partial charge on any atom is 0.271 e. The first kappa shape index (κ1) is 25.9. The first-order valence-corrected chi connectivity index (χ1v) is 11.3. The smallest absolute Gasteiger partial charge is 0.271 e. The van der Waals surface area contributed by atoms with Gasteiger partial charge >= 0.3 is 0 Å². The zero-order valence-electron chi connectivity index (χ0n) is 20.8. The summed E-state index contributed by atoms with van der Waals surface area (Å²) >= 11 is 0. The molecular formula is C28H30N6O2. The van der Waals surface area contributed by atoms with Crippen LogP contribution in [-0.2, 0) is 4.79 Å². The number of hydrogen-bond acceptors (Lipinski definition) is 6. The highest BCUT2D eigenvalue weighted by atomic mass is 16.2. The molecule has 0 saturated carbocycles. The van der Waals surface area contributed by atoms with Crippen LogP contribution < -0.4 is 20.7 Å². The second kappa shape index (κ2) is 12.7. The first-order valence-electron chi connectivity index (χ1n) is 11.3. The van der Waals surface area contributed by atoms with Gasteiger partial charge in [-0.05, 0) is 59.2 Å². The van der Waals surface area contributed by atoms with Gasteiger partial charge in [-0.1, -0.05) is 36.4 Å². The predicted molar refractivity (Wildman–Crippen MR) is 148 cm³/mol. The maximum absolute atomic E-state index is 12.3. The van der Waals surface area contributed by atoms with Gasteiger partial charge in [0.05, 0.1) is 12.4 Å². The van der Waals surface area contributed by atoms with E-state index in [4.69, 9.17) is 0 Å². The zero-order chi connectivity index (χ0) is 25.9. The summed E-state index contributed by atoms with van der Waals surface area (Å²) < 4.78 is 0. The first-order chi connectivity index (χ1) is 17.3. The van der Waals surface area contributed by atoms with Crippen molar-refractivity contribution in [3.05, 3.63) is 101 Å². The number of nitrogens with one attached hydrogen (secondary N) is 2. The van der Waals surface area contributed by atoms with Crippen LogP contribution in [0.2, 0.25) is 0 Å². The molecule has 0 aliphatic rings. The summed E-state index contributed by atoms with van der Waals surface area (Å²) in [6.45, 7) is 0. The van der Waals surface area contributed by atoms with E-state index in [1.807, 2.05) is 86.5 Å². The van der Waals surface area contributed by atoms with Gasteiger partial charge in [-0.3, -0.25) is 9.59 Å². The molecule has 0 aromatic heterocycles. The summed E-state index contributed by atoms with van der Waals surface area (Å²) in [6, 6.07) is 22.4. The van der Waals surface area contributed by atoms with Crippen molar-refractivity contribution < 1.29 is 9.59 Å². The van der Waals surface area contributed by atoms with E-state index in [1.165, 1.54) is 6.08 Å². The minimum atomic E-state index is -0.356. The number of carbonyl (C=O) groups excluding carboxylic acids is 2. The Morgan fingerprint density at radius 3 is 1.56 bits per heavy atom. The molecule has 3 rings (SSSR count). The van der Waals surface area contributed by atoms with E-state index in [0.29, 0.717) is 5.56 Å². The minimum absolute atomic E-state index is 0.322. The molecular weight excluding hydrogens is 452 g/mol. The van der Waals surface area contributed by atoms with Crippen LogP contribution in [0.3, 0.4) is 0 Å².